The van der Waals surface area contributed by atoms with Crippen LogP contribution in [0, 0.1) is 11.8 Å². The number of hydrogen-bond acceptors (Lipinski definition) is 5. The van der Waals surface area contributed by atoms with Gasteiger partial charge in [0, 0.05) is 25.1 Å². The van der Waals surface area contributed by atoms with E-state index in [1.165, 1.54) is 18.4 Å². The second-order valence-corrected chi connectivity index (χ2v) is 8.32. The highest BCUT2D eigenvalue weighted by Crippen LogP contribution is 2.33. The van der Waals surface area contributed by atoms with E-state index in [-0.39, 0.29) is 6.10 Å². The summed E-state index contributed by atoms with van der Waals surface area (Å²) in [6.07, 6.45) is 14.1. The average molecular weight is 399 g/mol. The number of piperidine rings is 1. The largest absolute Gasteiger partial charge is 0.484 e. The van der Waals surface area contributed by atoms with E-state index in [1.807, 2.05) is 12.1 Å². The molecule has 1 N–H and O–H groups in total. The van der Waals surface area contributed by atoms with Crippen LogP contribution in [0.5, 0.6) is 11.6 Å². The molecular formula is C23H30N2O4. The standard InChI is InChI=1S/C23H30N2O4/c26-22(27)5-1-3-17-10-13-25(14-11-17)15-18-6-8-19(9-7-18)21-16-28-20-4-2-12-24-23(20)29-21/h2,4,6-8,12,17,19,21H,1,3,5,9-11,13-16H2,(H,26,27)/t19?,21-/m1/s1. The zero-order chi connectivity index (χ0) is 20.1. The second kappa shape index (κ2) is 9.44. The number of allylic oxidation sites excluding steroid dienone is 1. The second-order valence-electron chi connectivity index (χ2n) is 8.32. The molecule has 0 radical (unpaired) electrons. The monoisotopic (exact) mass is 398 g/mol. The van der Waals surface area contributed by atoms with Crippen LogP contribution >= 0.6 is 0 Å². The van der Waals surface area contributed by atoms with E-state index in [4.69, 9.17) is 14.6 Å². The predicted molar refractivity (Wildman–Crippen MR) is 110 cm³/mol. The van der Waals surface area contributed by atoms with Gasteiger partial charge in [-0.05, 0) is 68.8 Å². The fourth-order valence-electron chi connectivity index (χ4n) is 4.44. The van der Waals surface area contributed by atoms with E-state index in [2.05, 4.69) is 28.1 Å². The minimum Gasteiger partial charge on any atom is -0.484 e. The molecule has 156 valence electrons. The summed E-state index contributed by atoms with van der Waals surface area (Å²) in [6, 6.07) is 3.75. The maximum Gasteiger partial charge on any atom is 0.303 e. The van der Waals surface area contributed by atoms with Crippen molar-refractivity contribution < 1.29 is 19.4 Å². The highest BCUT2D eigenvalue weighted by Gasteiger charge is 2.29. The van der Waals surface area contributed by atoms with Crippen LogP contribution < -0.4 is 9.47 Å². The van der Waals surface area contributed by atoms with Crippen molar-refractivity contribution in [2.45, 2.75) is 44.6 Å². The maximum absolute atomic E-state index is 10.7. The zero-order valence-corrected chi connectivity index (χ0v) is 16.8. The number of aliphatic carboxylic acids is 1. The topological polar surface area (TPSA) is 71.9 Å². The molecule has 2 aliphatic heterocycles. The molecule has 6 nitrogen and oxygen atoms in total. The molecule has 1 unspecified atom stereocenters. The van der Waals surface area contributed by atoms with E-state index < -0.39 is 5.97 Å². The Morgan fingerprint density at radius 1 is 1.31 bits per heavy atom. The van der Waals surface area contributed by atoms with Crippen molar-refractivity contribution >= 4 is 5.97 Å². The number of likely N-dealkylation sites (tertiary alicyclic amines) is 1. The molecule has 0 bridgehead atoms. The number of hydrogen-bond donors (Lipinski definition) is 1. The third kappa shape index (κ3) is 5.38. The molecule has 6 heteroatoms. The zero-order valence-electron chi connectivity index (χ0n) is 16.8. The Balaban J connectivity index is 1.20. The van der Waals surface area contributed by atoms with Crippen molar-refractivity contribution in [3.05, 3.63) is 42.1 Å². The van der Waals surface area contributed by atoms with Gasteiger partial charge in [-0.2, -0.15) is 0 Å². The molecule has 1 aliphatic carbocycles. The fraction of sp³-hybridized carbons (Fsp3) is 0.565. The van der Waals surface area contributed by atoms with Gasteiger partial charge in [0.15, 0.2) is 5.75 Å². The summed E-state index contributed by atoms with van der Waals surface area (Å²) >= 11 is 0. The molecule has 1 saturated heterocycles. The molecule has 0 spiro atoms. The number of carboxylic acid groups (broad SMARTS) is 1. The van der Waals surface area contributed by atoms with Crippen molar-refractivity contribution in [2.75, 3.05) is 26.2 Å². The highest BCUT2D eigenvalue weighted by molar-refractivity contribution is 5.66. The van der Waals surface area contributed by atoms with Crippen LogP contribution in [-0.2, 0) is 4.79 Å². The van der Waals surface area contributed by atoms with Crippen molar-refractivity contribution in [1.29, 1.82) is 0 Å². The lowest BCUT2D eigenvalue weighted by atomic mass is 9.90. The molecule has 2 atom stereocenters. The molecule has 1 fully saturated rings. The van der Waals surface area contributed by atoms with Crippen LogP contribution in [0.15, 0.2) is 42.1 Å². The molecule has 0 aromatic carbocycles. The Labute approximate surface area is 172 Å². The molecule has 29 heavy (non-hydrogen) atoms. The van der Waals surface area contributed by atoms with Crippen molar-refractivity contribution in [3.63, 3.8) is 0 Å². The first kappa shape index (κ1) is 20.0. The lowest BCUT2D eigenvalue weighted by molar-refractivity contribution is -0.137. The quantitative estimate of drug-likeness (QED) is 0.755. The van der Waals surface area contributed by atoms with Crippen LogP contribution in [0.25, 0.3) is 0 Å². The first-order valence-corrected chi connectivity index (χ1v) is 10.7. The lowest BCUT2D eigenvalue weighted by Gasteiger charge is -2.33. The van der Waals surface area contributed by atoms with Crippen molar-refractivity contribution in [3.8, 4) is 11.6 Å². The summed E-state index contributed by atoms with van der Waals surface area (Å²) < 4.78 is 11.9. The molecule has 4 rings (SSSR count). The van der Waals surface area contributed by atoms with Gasteiger partial charge in [-0.15, -0.1) is 0 Å². The minimum absolute atomic E-state index is 0.00740. The van der Waals surface area contributed by atoms with E-state index in [9.17, 15) is 4.79 Å². The maximum atomic E-state index is 10.7. The van der Waals surface area contributed by atoms with Crippen LogP contribution in [0.1, 0.15) is 38.5 Å². The Morgan fingerprint density at radius 3 is 2.93 bits per heavy atom. The summed E-state index contributed by atoms with van der Waals surface area (Å²) in [5.74, 6) is 1.64. The van der Waals surface area contributed by atoms with Crippen LogP contribution in [0.3, 0.4) is 0 Å². The van der Waals surface area contributed by atoms with Crippen molar-refractivity contribution in [1.82, 2.24) is 9.88 Å². The number of aromatic nitrogens is 1. The van der Waals surface area contributed by atoms with Gasteiger partial charge in [-0.3, -0.25) is 9.69 Å². The summed E-state index contributed by atoms with van der Waals surface area (Å²) in [4.78, 5) is 17.4. The summed E-state index contributed by atoms with van der Waals surface area (Å²) in [5.41, 5.74) is 1.38. The van der Waals surface area contributed by atoms with Gasteiger partial charge in [-0.1, -0.05) is 18.2 Å². The molecule has 3 aliphatic rings. The van der Waals surface area contributed by atoms with Gasteiger partial charge in [0.1, 0.15) is 12.7 Å². The number of carboxylic acids is 1. The van der Waals surface area contributed by atoms with Crippen molar-refractivity contribution in [2.24, 2.45) is 11.8 Å². The molecule has 0 saturated carbocycles. The Bertz CT molecular complexity index is 768. The minimum atomic E-state index is -0.678. The smallest absolute Gasteiger partial charge is 0.303 e. The van der Waals surface area contributed by atoms with E-state index in [0.717, 1.165) is 44.6 Å². The Kier molecular flexibility index (Phi) is 6.49. The van der Waals surface area contributed by atoms with Crippen LogP contribution in [0.4, 0.5) is 0 Å². The molecule has 1 aromatic heterocycles. The highest BCUT2D eigenvalue weighted by atomic mass is 16.6. The number of fused-ring (bicyclic) bond motifs is 1. The van der Waals surface area contributed by atoms with Gasteiger partial charge < -0.3 is 14.6 Å². The fourth-order valence-corrected chi connectivity index (χ4v) is 4.44. The SMILES string of the molecule is O=C(O)CCCC1CCN(CC2=CCC([C@H]3COc4cccnc4O3)C=C2)CC1. The molecule has 3 heterocycles. The van der Waals surface area contributed by atoms with E-state index in [0.29, 0.717) is 30.7 Å². The van der Waals surface area contributed by atoms with Gasteiger partial charge in [0.2, 0.25) is 0 Å². The number of pyridine rings is 1. The number of nitrogens with zero attached hydrogens (tertiary/aromatic N) is 2. The van der Waals surface area contributed by atoms with E-state index in [1.54, 1.807) is 6.20 Å². The normalized spacial score (nSPS) is 24.9. The number of rotatable bonds is 7. The van der Waals surface area contributed by atoms with Gasteiger partial charge in [0.05, 0.1) is 0 Å². The predicted octanol–water partition coefficient (Wildman–Crippen LogP) is 3.69. The van der Waals surface area contributed by atoms with Crippen LogP contribution in [-0.4, -0.2) is 53.3 Å². The third-order valence-corrected chi connectivity index (χ3v) is 6.21. The molecule has 1 aromatic rings. The van der Waals surface area contributed by atoms with E-state index >= 15 is 0 Å². The molecular weight excluding hydrogens is 368 g/mol. The number of carbonyl (C=O) groups is 1. The third-order valence-electron chi connectivity index (χ3n) is 6.21. The summed E-state index contributed by atoms with van der Waals surface area (Å²) in [5, 5.41) is 8.77. The van der Waals surface area contributed by atoms with Gasteiger partial charge >= 0.3 is 5.97 Å². The first-order valence-electron chi connectivity index (χ1n) is 10.7. The Morgan fingerprint density at radius 2 is 2.17 bits per heavy atom. The number of ether oxygens (including phenoxy) is 2. The van der Waals surface area contributed by atoms with Gasteiger partial charge in [0.25, 0.3) is 5.88 Å². The Hall–Kier alpha value is -2.34. The van der Waals surface area contributed by atoms with Crippen LogP contribution in [0.2, 0.25) is 0 Å². The lowest BCUT2D eigenvalue weighted by Crippen LogP contribution is -2.37. The molecule has 0 amide bonds. The summed E-state index contributed by atoms with van der Waals surface area (Å²) in [6.45, 7) is 3.77. The summed E-state index contributed by atoms with van der Waals surface area (Å²) in [7, 11) is 0. The average Bonchev–Trinajstić information content (AvgIpc) is 2.75. The first-order chi connectivity index (χ1) is 14.2. The van der Waals surface area contributed by atoms with Gasteiger partial charge in [-0.25, -0.2) is 4.98 Å².